The second-order valence-corrected chi connectivity index (χ2v) is 17.8. The van der Waals surface area contributed by atoms with E-state index < -0.39 is 43.7 Å². The number of nitrogens with zero attached hydrogens (tertiary/aromatic N) is 3. The second kappa shape index (κ2) is 19.2. The number of carboxylic acid groups (broad SMARTS) is 2. The van der Waals surface area contributed by atoms with Gasteiger partial charge in [-0.1, -0.05) is 84.9 Å². The molecule has 0 aliphatic heterocycles. The normalized spacial score (nSPS) is 11.4. The molecule has 0 unspecified atom stereocenters. The standard InChI is InChI=1S/C24H26N2O6S.C19H18N2O4S.ClH/c1-24(2,3)32-23(29)25(4)15-17-14-20(18-10-6-5-7-11-18)26(16-17)33(30,31)21-13-9-8-12-19(21)22(27)28;1-20-12-14-11-17(15-7-3-2-4-8-15)21(13-14)26(24,25)18-10-6-5-9-16(18)19(22)23;/h5-14,16H,15H2,1-4H3,(H,27,28);2-11,13,20H,12H2,1H3,(H,22,23);1H. The molecule has 0 aliphatic rings. The molecule has 17 heteroatoms. The number of carbonyl (C=O) groups excluding carboxylic acids is 1. The Hall–Kier alpha value is -6.20. The van der Waals surface area contributed by atoms with E-state index in [0.29, 0.717) is 29.1 Å². The number of aromatic carboxylic acids is 2. The van der Waals surface area contributed by atoms with E-state index in [2.05, 4.69) is 5.32 Å². The average Bonchev–Trinajstić information content (AvgIpc) is 3.84. The first kappa shape index (κ1) is 46.5. The second-order valence-electron chi connectivity index (χ2n) is 14.3. The molecule has 0 atom stereocenters. The van der Waals surface area contributed by atoms with Crippen molar-refractivity contribution in [3.63, 3.8) is 0 Å². The van der Waals surface area contributed by atoms with Crippen LogP contribution < -0.4 is 5.32 Å². The van der Waals surface area contributed by atoms with Gasteiger partial charge in [0.1, 0.15) is 15.4 Å². The molecule has 1 amide bonds. The first-order valence-electron chi connectivity index (χ1n) is 18.1. The van der Waals surface area contributed by atoms with Crippen LogP contribution in [0.3, 0.4) is 0 Å². The smallest absolute Gasteiger partial charge is 0.410 e. The van der Waals surface area contributed by atoms with Crippen molar-refractivity contribution < 1.29 is 46.2 Å². The van der Waals surface area contributed by atoms with Crippen LogP contribution in [0.2, 0.25) is 0 Å². The number of ether oxygens (including phenoxy) is 1. The van der Waals surface area contributed by atoms with E-state index in [4.69, 9.17) is 4.74 Å². The molecule has 2 aromatic heterocycles. The Labute approximate surface area is 355 Å². The number of amides is 1. The quantitative estimate of drug-likeness (QED) is 0.109. The minimum atomic E-state index is -4.26. The van der Waals surface area contributed by atoms with Crippen LogP contribution in [0.1, 0.15) is 52.6 Å². The topological polar surface area (TPSA) is 194 Å². The number of aromatic nitrogens is 2. The molecular formula is C43H45ClN4O10S2. The summed E-state index contributed by atoms with van der Waals surface area (Å²) < 4.78 is 61.2. The predicted octanol–water partition coefficient (Wildman–Crippen LogP) is 7.69. The largest absolute Gasteiger partial charge is 0.478 e. The molecule has 60 heavy (non-hydrogen) atoms. The van der Waals surface area contributed by atoms with E-state index in [9.17, 15) is 41.4 Å². The van der Waals surface area contributed by atoms with Crippen molar-refractivity contribution in [3.8, 4) is 22.5 Å². The third kappa shape index (κ3) is 10.7. The van der Waals surface area contributed by atoms with E-state index in [1.54, 1.807) is 71.3 Å². The molecule has 0 aliphatic carbocycles. The van der Waals surface area contributed by atoms with E-state index in [1.807, 2.05) is 36.4 Å². The third-order valence-electron chi connectivity index (χ3n) is 8.64. The van der Waals surface area contributed by atoms with Gasteiger partial charge in [-0.3, -0.25) is 0 Å². The van der Waals surface area contributed by atoms with Crippen LogP contribution >= 0.6 is 12.4 Å². The molecule has 6 rings (SSSR count). The van der Waals surface area contributed by atoms with E-state index in [-0.39, 0.29) is 39.9 Å². The summed E-state index contributed by atoms with van der Waals surface area (Å²) in [6, 6.07) is 32.5. The number of hydrogen-bond donors (Lipinski definition) is 3. The molecule has 0 saturated heterocycles. The maximum atomic E-state index is 13.6. The van der Waals surface area contributed by atoms with Crippen molar-refractivity contribution in [2.75, 3.05) is 14.1 Å². The van der Waals surface area contributed by atoms with Gasteiger partial charge in [0.25, 0.3) is 20.0 Å². The Balaban J connectivity index is 0.000000267. The molecule has 0 fully saturated rings. The van der Waals surface area contributed by atoms with Gasteiger partial charge in [-0.15, -0.1) is 12.4 Å². The highest BCUT2D eigenvalue weighted by molar-refractivity contribution is 7.90. The van der Waals surface area contributed by atoms with Crippen LogP contribution in [-0.4, -0.2) is 77.6 Å². The fourth-order valence-electron chi connectivity index (χ4n) is 6.04. The van der Waals surface area contributed by atoms with Gasteiger partial charge in [0.2, 0.25) is 0 Å². The Morgan fingerprint density at radius 3 is 1.43 bits per heavy atom. The van der Waals surface area contributed by atoms with Crippen molar-refractivity contribution in [1.82, 2.24) is 18.2 Å². The fourth-order valence-corrected chi connectivity index (χ4v) is 9.22. The molecule has 0 radical (unpaired) electrons. The predicted molar refractivity (Wildman–Crippen MR) is 229 cm³/mol. The summed E-state index contributed by atoms with van der Waals surface area (Å²) in [4.78, 5) is 36.3. The number of benzene rings is 4. The molecule has 4 aromatic carbocycles. The number of hydrogen-bond acceptors (Lipinski definition) is 9. The number of halogens is 1. The van der Waals surface area contributed by atoms with Crippen LogP contribution in [0.25, 0.3) is 22.5 Å². The van der Waals surface area contributed by atoms with Gasteiger partial charge in [-0.25, -0.2) is 39.2 Å². The highest BCUT2D eigenvalue weighted by Crippen LogP contribution is 2.31. The van der Waals surface area contributed by atoms with Crippen LogP contribution in [0.5, 0.6) is 0 Å². The highest BCUT2D eigenvalue weighted by atomic mass is 35.5. The minimum absolute atomic E-state index is 0. The van der Waals surface area contributed by atoms with Crippen LogP contribution in [0, 0.1) is 0 Å². The van der Waals surface area contributed by atoms with Gasteiger partial charge in [-0.05, 0) is 86.5 Å². The van der Waals surface area contributed by atoms with Crippen molar-refractivity contribution in [3.05, 3.63) is 156 Å². The Morgan fingerprint density at radius 1 is 0.650 bits per heavy atom. The third-order valence-corrected chi connectivity index (χ3v) is 12.1. The van der Waals surface area contributed by atoms with Crippen molar-refractivity contribution in [1.29, 1.82) is 0 Å². The lowest BCUT2D eigenvalue weighted by molar-refractivity contribution is 0.0284. The summed E-state index contributed by atoms with van der Waals surface area (Å²) >= 11 is 0. The molecule has 0 bridgehead atoms. The molecule has 0 saturated carbocycles. The first-order valence-corrected chi connectivity index (χ1v) is 21.0. The molecule has 0 spiro atoms. The lowest BCUT2D eigenvalue weighted by Gasteiger charge is -2.24. The summed E-state index contributed by atoms with van der Waals surface area (Å²) in [5.41, 5.74) is 2.26. The van der Waals surface area contributed by atoms with Gasteiger partial charge in [0.05, 0.1) is 29.1 Å². The Kier molecular flexibility index (Phi) is 14.9. The minimum Gasteiger partial charge on any atom is -0.478 e. The molecule has 6 aromatic rings. The zero-order valence-corrected chi connectivity index (χ0v) is 35.8. The van der Waals surface area contributed by atoms with E-state index in [0.717, 1.165) is 19.1 Å². The summed E-state index contributed by atoms with van der Waals surface area (Å²) in [6.07, 6.45) is 2.37. The number of nitrogens with one attached hydrogen (secondary N) is 1. The van der Waals surface area contributed by atoms with Crippen LogP contribution in [-0.2, 0) is 37.9 Å². The van der Waals surface area contributed by atoms with E-state index in [1.165, 1.54) is 65.8 Å². The Morgan fingerprint density at radius 2 is 1.03 bits per heavy atom. The fraction of sp³-hybridized carbons (Fsp3) is 0.186. The SMILES string of the molecule is CN(Cc1cc(-c2ccccc2)n(S(=O)(=O)c2ccccc2C(=O)O)c1)C(=O)OC(C)(C)C.CNCc1cc(-c2ccccc2)n(S(=O)(=O)c2ccccc2C(=O)O)c1.Cl. The number of carboxylic acids is 2. The van der Waals surface area contributed by atoms with Gasteiger partial charge in [-0.2, -0.15) is 0 Å². The summed E-state index contributed by atoms with van der Waals surface area (Å²) in [7, 11) is -5.01. The lowest BCUT2D eigenvalue weighted by atomic mass is 10.1. The monoisotopic (exact) mass is 876 g/mol. The van der Waals surface area contributed by atoms with Crippen molar-refractivity contribution >= 4 is 50.5 Å². The maximum absolute atomic E-state index is 13.6. The maximum Gasteiger partial charge on any atom is 0.410 e. The van der Waals surface area contributed by atoms with Crippen LogP contribution in [0.4, 0.5) is 4.79 Å². The van der Waals surface area contributed by atoms with Gasteiger partial charge in [0, 0.05) is 26.0 Å². The average molecular weight is 877 g/mol. The Bertz CT molecular complexity index is 2690. The number of carbonyl (C=O) groups is 3. The highest BCUT2D eigenvalue weighted by Gasteiger charge is 2.29. The molecule has 2 heterocycles. The van der Waals surface area contributed by atoms with Gasteiger partial charge in [0.15, 0.2) is 0 Å². The molecule has 3 N–H and O–H groups in total. The van der Waals surface area contributed by atoms with Gasteiger partial charge >= 0.3 is 18.0 Å². The summed E-state index contributed by atoms with van der Waals surface area (Å²) in [6.45, 7) is 5.86. The molecular weight excluding hydrogens is 832 g/mol. The van der Waals surface area contributed by atoms with Gasteiger partial charge < -0.3 is 25.2 Å². The van der Waals surface area contributed by atoms with Crippen molar-refractivity contribution in [2.45, 2.75) is 49.3 Å². The molecule has 316 valence electrons. The molecule has 14 nitrogen and oxygen atoms in total. The zero-order chi connectivity index (χ0) is 43.1. The first-order chi connectivity index (χ1) is 27.8. The summed E-state index contributed by atoms with van der Waals surface area (Å²) in [5.74, 6) is -2.62. The van der Waals surface area contributed by atoms with E-state index >= 15 is 0 Å². The van der Waals surface area contributed by atoms with Crippen molar-refractivity contribution in [2.24, 2.45) is 0 Å². The lowest BCUT2D eigenvalue weighted by Crippen LogP contribution is -2.33. The number of rotatable bonds is 12. The summed E-state index contributed by atoms with van der Waals surface area (Å²) in [5, 5.41) is 21.9. The zero-order valence-electron chi connectivity index (χ0n) is 33.3. The van der Waals surface area contributed by atoms with Crippen LogP contribution in [0.15, 0.2) is 144 Å².